The number of para-hydroxylation sites is 2. The standard InChI is InChI=1S/C15H17N3O6/c1-9(14(21)17-15(16)22)24-13(20)6-7-18-10-4-2-3-5-11(10)23-8-12(18)19/h2-5,9H,6-8H2,1H3,(H3,16,17,21,22). The first-order valence-corrected chi connectivity index (χ1v) is 7.20. The number of primary amides is 1. The summed E-state index contributed by atoms with van der Waals surface area (Å²) >= 11 is 0. The molecule has 0 fully saturated rings. The van der Waals surface area contributed by atoms with E-state index in [0.717, 1.165) is 0 Å². The van der Waals surface area contributed by atoms with Crippen molar-refractivity contribution in [2.24, 2.45) is 5.73 Å². The van der Waals surface area contributed by atoms with Crippen LogP contribution in [0.2, 0.25) is 0 Å². The molecule has 1 aromatic carbocycles. The molecule has 0 spiro atoms. The van der Waals surface area contributed by atoms with Crippen LogP contribution in [0, 0.1) is 0 Å². The summed E-state index contributed by atoms with van der Waals surface area (Å²) in [6.07, 6.45) is -1.29. The van der Waals surface area contributed by atoms with E-state index < -0.39 is 24.0 Å². The van der Waals surface area contributed by atoms with Gasteiger partial charge in [0, 0.05) is 6.54 Å². The van der Waals surface area contributed by atoms with Crippen molar-refractivity contribution < 1.29 is 28.7 Å². The van der Waals surface area contributed by atoms with Gasteiger partial charge in [0.25, 0.3) is 11.8 Å². The van der Waals surface area contributed by atoms with Crippen LogP contribution < -0.4 is 20.7 Å². The molecule has 1 unspecified atom stereocenters. The molecular formula is C15H17N3O6. The Morgan fingerprint density at radius 2 is 2.08 bits per heavy atom. The molecule has 0 bridgehead atoms. The lowest BCUT2D eigenvalue weighted by Crippen LogP contribution is -2.43. The maximum absolute atomic E-state index is 12.0. The second-order valence-corrected chi connectivity index (χ2v) is 5.04. The summed E-state index contributed by atoms with van der Waals surface area (Å²) in [6, 6.07) is 5.94. The molecule has 24 heavy (non-hydrogen) atoms. The fourth-order valence-electron chi connectivity index (χ4n) is 2.13. The number of nitrogens with two attached hydrogens (primary N) is 1. The molecule has 1 aliphatic rings. The van der Waals surface area contributed by atoms with Gasteiger partial charge in [0.1, 0.15) is 5.75 Å². The van der Waals surface area contributed by atoms with Crippen LogP contribution in [-0.2, 0) is 19.1 Å². The zero-order chi connectivity index (χ0) is 17.7. The molecule has 2 rings (SSSR count). The highest BCUT2D eigenvalue weighted by molar-refractivity contribution is 5.98. The number of fused-ring (bicyclic) bond motifs is 1. The van der Waals surface area contributed by atoms with Crippen LogP contribution in [0.3, 0.4) is 0 Å². The first kappa shape index (κ1) is 17.3. The van der Waals surface area contributed by atoms with E-state index in [1.807, 2.05) is 5.32 Å². The third-order valence-electron chi connectivity index (χ3n) is 3.27. The van der Waals surface area contributed by atoms with Gasteiger partial charge in [-0.3, -0.25) is 19.7 Å². The van der Waals surface area contributed by atoms with Gasteiger partial charge in [-0.05, 0) is 19.1 Å². The fraction of sp³-hybridized carbons (Fsp3) is 0.333. The number of hydrogen-bond acceptors (Lipinski definition) is 6. The monoisotopic (exact) mass is 335 g/mol. The van der Waals surface area contributed by atoms with Gasteiger partial charge in [-0.25, -0.2) is 4.79 Å². The van der Waals surface area contributed by atoms with Crippen LogP contribution in [0.5, 0.6) is 5.75 Å². The molecule has 9 nitrogen and oxygen atoms in total. The molecular weight excluding hydrogens is 318 g/mol. The highest BCUT2D eigenvalue weighted by atomic mass is 16.5. The van der Waals surface area contributed by atoms with Crippen molar-refractivity contribution in [1.29, 1.82) is 0 Å². The molecule has 1 aromatic rings. The SMILES string of the molecule is CC(OC(=O)CCN1C(=O)COc2ccccc21)C(=O)NC(N)=O. The largest absolute Gasteiger partial charge is 0.482 e. The van der Waals surface area contributed by atoms with Gasteiger partial charge >= 0.3 is 12.0 Å². The summed E-state index contributed by atoms with van der Waals surface area (Å²) in [6.45, 7) is 1.29. The van der Waals surface area contributed by atoms with Crippen LogP contribution in [0.15, 0.2) is 24.3 Å². The van der Waals surface area contributed by atoms with Gasteiger partial charge in [0.05, 0.1) is 12.1 Å². The second-order valence-electron chi connectivity index (χ2n) is 5.04. The van der Waals surface area contributed by atoms with E-state index in [2.05, 4.69) is 0 Å². The molecule has 128 valence electrons. The summed E-state index contributed by atoms with van der Waals surface area (Å²) < 4.78 is 10.2. The Morgan fingerprint density at radius 3 is 2.79 bits per heavy atom. The molecule has 4 amide bonds. The minimum absolute atomic E-state index is 0.0855. The highest BCUT2D eigenvalue weighted by Gasteiger charge is 2.26. The van der Waals surface area contributed by atoms with Gasteiger partial charge in [-0.1, -0.05) is 12.1 Å². The molecule has 0 saturated carbocycles. The Morgan fingerprint density at radius 1 is 1.38 bits per heavy atom. The molecule has 0 radical (unpaired) electrons. The molecule has 1 atom stereocenters. The van der Waals surface area contributed by atoms with Crippen molar-refractivity contribution in [3.05, 3.63) is 24.3 Å². The Bertz CT molecular complexity index is 675. The zero-order valence-corrected chi connectivity index (χ0v) is 13.0. The smallest absolute Gasteiger partial charge is 0.318 e. The third-order valence-corrected chi connectivity index (χ3v) is 3.27. The second kappa shape index (κ2) is 7.44. The number of anilines is 1. The van der Waals surface area contributed by atoms with Crippen LogP contribution in [0.1, 0.15) is 13.3 Å². The van der Waals surface area contributed by atoms with E-state index in [4.69, 9.17) is 15.2 Å². The van der Waals surface area contributed by atoms with Gasteiger partial charge in [0.2, 0.25) is 0 Å². The van der Waals surface area contributed by atoms with Crippen molar-refractivity contribution in [2.45, 2.75) is 19.4 Å². The quantitative estimate of drug-likeness (QED) is 0.725. The average Bonchev–Trinajstić information content (AvgIpc) is 2.53. The maximum atomic E-state index is 12.0. The average molecular weight is 335 g/mol. The maximum Gasteiger partial charge on any atom is 0.318 e. The van der Waals surface area contributed by atoms with E-state index in [9.17, 15) is 19.2 Å². The topological polar surface area (TPSA) is 128 Å². The molecule has 0 aliphatic carbocycles. The summed E-state index contributed by atoms with van der Waals surface area (Å²) in [5, 5.41) is 1.82. The molecule has 1 aliphatic heterocycles. The number of esters is 1. The number of nitrogens with zero attached hydrogens (tertiary/aromatic N) is 1. The van der Waals surface area contributed by atoms with Crippen molar-refractivity contribution in [1.82, 2.24) is 5.32 Å². The van der Waals surface area contributed by atoms with Crippen LogP contribution in [0.4, 0.5) is 10.5 Å². The number of carbonyl (C=O) groups excluding carboxylic acids is 4. The first-order valence-electron chi connectivity index (χ1n) is 7.20. The van der Waals surface area contributed by atoms with E-state index in [0.29, 0.717) is 11.4 Å². The molecule has 9 heteroatoms. The minimum atomic E-state index is -1.17. The lowest BCUT2D eigenvalue weighted by molar-refractivity contribution is -0.154. The van der Waals surface area contributed by atoms with Crippen LogP contribution >= 0.6 is 0 Å². The Labute approximate surface area is 137 Å². The summed E-state index contributed by atoms with van der Waals surface area (Å²) in [7, 11) is 0. The van der Waals surface area contributed by atoms with E-state index in [1.165, 1.54) is 11.8 Å². The summed E-state index contributed by atoms with van der Waals surface area (Å²) in [4.78, 5) is 47.2. The van der Waals surface area contributed by atoms with Gasteiger partial charge in [-0.2, -0.15) is 0 Å². The minimum Gasteiger partial charge on any atom is -0.482 e. The lowest BCUT2D eigenvalue weighted by Gasteiger charge is -2.29. The van der Waals surface area contributed by atoms with E-state index in [1.54, 1.807) is 24.3 Å². The predicted molar refractivity (Wildman–Crippen MR) is 82.2 cm³/mol. The number of ether oxygens (including phenoxy) is 2. The number of rotatable bonds is 5. The number of hydrogen-bond donors (Lipinski definition) is 2. The molecule has 3 N–H and O–H groups in total. The number of nitrogens with one attached hydrogen (secondary N) is 1. The predicted octanol–water partition coefficient (Wildman–Crippen LogP) is -0.0713. The third kappa shape index (κ3) is 4.22. The first-order chi connectivity index (χ1) is 11.4. The van der Waals surface area contributed by atoms with Gasteiger partial charge in [0.15, 0.2) is 12.7 Å². The number of benzene rings is 1. The Balaban J connectivity index is 1.91. The van der Waals surface area contributed by atoms with Gasteiger partial charge < -0.3 is 20.1 Å². The molecule has 0 aromatic heterocycles. The summed E-state index contributed by atoms with van der Waals surface area (Å²) in [5.74, 6) is -1.22. The van der Waals surface area contributed by atoms with Crippen LogP contribution in [-0.4, -0.2) is 43.1 Å². The summed E-state index contributed by atoms with van der Waals surface area (Å²) in [5.41, 5.74) is 5.38. The number of amides is 4. The van der Waals surface area contributed by atoms with Crippen molar-refractivity contribution >= 4 is 29.5 Å². The molecule has 0 saturated heterocycles. The fourth-order valence-corrected chi connectivity index (χ4v) is 2.13. The zero-order valence-electron chi connectivity index (χ0n) is 13.0. The van der Waals surface area contributed by atoms with Gasteiger partial charge in [-0.15, -0.1) is 0 Å². The van der Waals surface area contributed by atoms with Crippen molar-refractivity contribution in [3.8, 4) is 5.75 Å². The van der Waals surface area contributed by atoms with Crippen molar-refractivity contribution in [3.63, 3.8) is 0 Å². The number of carbonyl (C=O) groups is 4. The van der Waals surface area contributed by atoms with E-state index >= 15 is 0 Å². The number of urea groups is 1. The number of imide groups is 1. The normalized spacial score (nSPS) is 14.2. The van der Waals surface area contributed by atoms with Crippen molar-refractivity contribution in [2.75, 3.05) is 18.1 Å². The van der Waals surface area contributed by atoms with Crippen LogP contribution in [0.25, 0.3) is 0 Å². The van der Waals surface area contributed by atoms with E-state index in [-0.39, 0.29) is 25.5 Å². The molecule has 1 heterocycles. The Kier molecular flexibility index (Phi) is 5.35. The highest BCUT2D eigenvalue weighted by Crippen LogP contribution is 2.31. The lowest BCUT2D eigenvalue weighted by atomic mass is 10.2. The Hall–Kier alpha value is -3.10.